The molecule has 0 atom stereocenters. The Morgan fingerprint density at radius 2 is 1.38 bits per heavy atom. The van der Waals surface area contributed by atoms with Gasteiger partial charge in [0.1, 0.15) is 10.6 Å². The summed E-state index contributed by atoms with van der Waals surface area (Å²) < 4.78 is 62.6. The maximum atomic E-state index is 11.2. The number of phenols is 1. The van der Waals surface area contributed by atoms with E-state index in [0.29, 0.717) is 6.07 Å². The molecule has 21 heavy (non-hydrogen) atoms. The van der Waals surface area contributed by atoms with Gasteiger partial charge in [0.15, 0.2) is 0 Å². The number of hydrogen-bond donors (Lipinski definition) is 3. The van der Waals surface area contributed by atoms with Crippen LogP contribution in [0.25, 0.3) is 10.8 Å². The third-order valence-corrected chi connectivity index (χ3v) is 4.17. The molecule has 0 fully saturated rings. The topological polar surface area (TPSA) is 129 Å². The molecule has 0 amide bonds. The molecule has 0 unspecified atom stereocenters. The van der Waals surface area contributed by atoms with Gasteiger partial charge in [0.25, 0.3) is 20.2 Å². The van der Waals surface area contributed by atoms with Crippen molar-refractivity contribution in [1.82, 2.24) is 0 Å². The smallest absolute Gasteiger partial charge is 0.295 e. The van der Waals surface area contributed by atoms with Gasteiger partial charge >= 0.3 is 0 Å². The van der Waals surface area contributed by atoms with Crippen molar-refractivity contribution in [3.05, 3.63) is 30.3 Å². The molecule has 11 heteroatoms. The standard InChI is InChI=1S/C10H8O7S2.2K/c11-7-2-1-6-3-8(18(12,13)14)5-10(9(6)4-7)19(15,16)17;;/h1-5,11H,(H,12,13,14)(H,15,16,17);;. The van der Waals surface area contributed by atoms with Crippen LogP contribution in [0.3, 0.4) is 0 Å². The zero-order chi connectivity index (χ0) is 14.4. The Labute approximate surface area is 206 Å². The van der Waals surface area contributed by atoms with Gasteiger partial charge in [-0.2, -0.15) is 16.8 Å². The first-order valence-corrected chi connectivity index (χ1v) is 7.69. The molecule has 0 bridgehead atoms. The number of rotatable bonds is 2. The van der Waals surface area contributed by atoms with Gasteiger partial charge in [0, 0.05) is 108 Å². The fraction of sp³-hybridized carbons (Fsp3) is 0. The average Bonchev–Trinajstić information content (AvgIpc) is 2.24. The quantitative estimate of drug-likeness (QED) is 0.502. The van der Waals surface area contributed by atoms with Gasteiger partial charge in [-0.1, -0.05) is 6.07 Å². The van der Waals surface area contributed by atoms with Gasteiger partial charge in [0.05, 0.1) is 4.90 Å². The number of fused-ring (bicyclic) bond motifs is 1. The average molecular weight is 382 g/mol. The molecule has 2 radical (unpaired) electrons. The number of phenolic OH excluding ortho intramolecular Hbond substituents is 1. The molecular formula is C10H8K2O7S2. The van der Waals surface area contributed by atoms with Crippen molar-refractivity contribution in [3.63, 3.8) is 0 Å². The molecule has 2 aromatic carbocycles. The van der Waals surface area contributed by atoms with Crippen LogP contribution in [0.2, 0.25) is 0 Å². The van der Waals surface area contributed by atoms with Crippen molar-refractivity contribution in [2.75, 3.05) is 0 Å². The van der Waals surface area contributed by atoms with Crippen LogP contribution in [0, 0.1) is 0 Å². The van der Waals surface area contributed by atoms with Gasteiger partial charge < -0.3 is 5.11 Å². The molecule has 0 heterocycles. The van der Waals surface area contributed by atoms with Gasteiger partial charge in [-0.25, -0.2) is 0 Å². The molecule has 3 N–H and O–H groups in total. The van der Waals surface area contributed by atoms with Gasteiger partial charge in [-0.15, -0.1) is 0 Å². The molecule has 0 aliphatic rings. The predicted molar refractivity (Wildman–Crippen MR) is 76.8 cm³/mol. The summed E-state index contributed by atoms with van der Waals surface area (Å²) in [4.78, 5) is -1.38. The fourth-order valence-corrected chi connectivity index (χ4v) is 3.00. The Balaban J connectivity index is 0.00000200. The van der Waals surface area contributed by atoms with Crippen molar-refractivity contribution in [1.29, 1.82) is 0 Å². The minimum absolute atomic E-state index is 0. The van der Waals surface area contributed by atoms with E-state index < -0.39 is 30.0 Å². The molecule has 0 saturated carbocycles. The minimum Gasteiger partial charge on any atom is -0.508 e. The maximum Gasteiger partial charge on any atom is 0.295 e. The van der Waals surface area contributed by atoms with E-state index in [1.54, 1.807) is 0 Å². The molecule has 0 aliphatic carbocycles. The molecule has 2 aromatic rings. The van der Waals surface area contributed by atoms with Crippen molar-refractivity contribution in [3.8, 4) is 5.75 Å². The van der Waals surface area contributed by atoms with E-state index in [2.05, 4.69) is 0 Å². The van der Waals surface area contributed by atoms with Crippen LogP contribution in [0.4, 0.5) is 0 Å². The van der Waals surface area contributed by atoms with Crippen molar-refractivity contribution < 1.29 is 31.0 Å². The molecule has 7 nitrogen and oxygen atoms in total. The second kappa shape index (κ2) is 8.11. The fourth-order valence-electron chi connectivity index (χ4n) is 1.65. The number of hydrogen-bond acceptors (Lipinski definition) is 5. The molecule has 0 spiro atoms. The normalized spacial score (nSPS) is 11.5. The first-order valence-electron chi connectivity index (χ1n) is 4.81. The summed E-state index contributed by atoms with van der Waals surface area (Å²) in [6, 6.07) is 5.18. The van der Waals surface area contributed by atoms with Crippen LogP contribution in [-0.2, 0) is 20.2 Å². The SMILES string of the molecule is O=S(=O)(O)c1cc(S(=O)(=O)O)c2cc(O)ccc2c1.[K].[K]. The summed E-state index contributed by atoms with van der Waals surface area (Å²) >= 11 is 0. The van der Waals surface area contributed by atoms with Crippen molar-refractivity contribution in [2.45, 2.75) is 9.79 Å². The van der Waals surface area contributed by atoms with Crippen molar-refractivity contribution >= 4 is 134 Å². The van der Waals surface area contributed by atoms with E-state index >= 15 is 0 Å². The summed E-state index contributed by atoms with van der Waals surface area (Å²) in [6.45, 7) is 0. The van der Waals surface area contributed by atoms with E-state index in [-0.39, 0.29) is 119 Å². The second-order valence-corrected chi connectivity index (χ2v) is 6.59. The van der Waals surface area contributed by atoms with Gasteiger partial charge in [-0.05, 0) is 29.7 Å². The molecule has 0 aliphatic heterocycles. The third-order valence-electron chi connectivity index (χ3n) is 2.45. The van der Waals surface area contributed by atoms with E-state index in [4.69, 9.17) is 9.11 Å². The van der Waals surface area contributed by atoms with Crippen LogP contribution in [0.15, 0.2) is 40.1 Å². The maximum absolute atomic E-state index is 11.2. The summed E-state index contributed by atoms with van der Waals surface area (Å²) in [6.07, 6.45) is 0. The summed E-state index contributed by atoms with van der Waals surface area (Å²) in [5, 5.41) is 9.37. The summed E-state index contributed by atoms with van der Waals surface area (Å²) in [5.74, 6) is -0.253. The third kappa shape index (κ3) is 5.57. The first-order chi connectivity index (χ1) is 8.59. The van der Waals surface area contributed by atoms with Crippen LogP contribution >= 0.6 is 0 Å². The molecular weight excluding hydrogens is 374 g/mol. The van der Waals surface area contributed by atoms with Crippen molar-refractivity contribution in [2.24, 2.45) is 0 Å². The van der Waals surface area contributed by atoms with Gasteiger partial charge in [0.2, 0.25) is 0 Å². The first kappa shape index (κ1) is 22.6. The van der Waals surface area contributed by atoms with E-state index in [0.717, 1.165) is 12.1 Å². The Morgan fingerprint density at radius 1 is 0.810 bits per heavy atom. The monoisotopic (exact) mass is 382 g/mol. The summed E-state index contributed by atoms with van der Waals surface area (Å²) in [7, 11) is -9.34. The van der Waals surface area contributed by atoms with E-state index in [1.165, 1.54) is 12.1 Å². The van der Waals surface area contributed by atoms with Crippen LogP contribution in [0.1, 0.15) is 0 Å². The van der Waals surface area contributed by atoms with E-state index in [1.807, 2.05) is 0 Å². The largest absolute Gasteiger partial charge is 0.508 e. The number of benzene rings is 2. The Morgan fingerprint density at radius 3 is 1.86 bits per heavy atom. The molecule has 0 saturated heterocycles. The second-order valence-electron chi connectivity index (χ2n) is 3.78. The zero-order valence-electron chi connectivity index (χ0n) is 11.2. The Kier molecular flexibility index (Phi) is 8.73. The van der Waals surface area contributed by atoms with Gasteiger partial charge in [-0.3, -0.25) is 9.11 Å². The van der Waals surface area contributed by atoms with Crippen LogP contribution < -0.4 is 0 Å². The summed E-state index contributed by atoms with van der Waals surface area (Å²) in [5.41, 5.74) is 0. The zero-order valence-corrected chi connectivity index (χ0v) is 19.1. The molecule has 0 aromatic heterocycles. The van der Waals surface area contributed by atoms with E-state index in [9.17, 15) is 21.9 Å². The minimum atomic E-state index is -4.72. The van der Waals surface area contributed by atoms with Crippen LogP contribution in [-0.4, -0.2) is 134 Å². The molecule has 2 rings (SSSR count). The Hall–Kier alpha value is 1.59. The van der Waals surface area contributed by atoms with Crippen LogP contribution in [0.5, 0.6) is 5.75 Å². The Bertz CT molecular complexity index is 876. The predicted octanol–water partition coefficient (Wildman–Crippen LogP) is 0.277. The number of aromatic hydroxyl groups is 1. The molecule has 104 valence electrons.